The summed E-state index contributed by atoms with van der Waals surface area (Å²) in [4.78, 5) is 77.9. The number of hydrogen-bond donors (Lipinski definition) is 6. The second-order valence-corrected chi connectivity index (χ2v) is 12.2. The summed E-state index contributed by atoms with van der Waals surface area (Å²) in [6, 6.07) is -4.51. The molecule has 1 unspecified atom stereocenters. The number of hydrogen-bond acceptors (Lipinski definition) is 10. The summed E-state index contributed by atoms with van der Waals surface area (Å²) in [6.07, 6.45) is -0.550. The summed E-state index contributed by atoms with van der Waals surface area (Å²) in [5, 5.41) is 17.8. The van der Waals surface area contributed by atoms with Gasteiger partial charge in [0.2, 0.25) is 18.2 Å². The molecule has 2 aliphatic rings. The quantitative estimate of drug-likeness (QED) is 0.152. The van der Waals surface area contributed by atoms with E-state index >= 15 is 0 Å². The van der Waals surface area contributed by atoms with Crippen LogP contribution in [0.4, 0.5) is 14.7 Å². The first kappa shape index (κ1) is 28.0. The fourth-order valence-corrected chi connectivity index (χ4v) is 6.09. The van der Waals surface area contributed by atoms with Crippen LogP contribution in [-0.4, -0.2) is 79.1 Å². The molecular formula is C20H27N7O8S2. The van der Waals surface area contributed by atoms with Crippen molar-refractivity contribution in [1.82, 2.24) is 31.4 Å². The molecule has 3 heterocycles. The molecule has 4 atom stereocenters. The molecule has 0 saturated carbocycles. The highest BCUT2D eigenvalue weighted by molar-refractivity contribution is 8.01. The molecule has 17 heteroatoms. The van der Waals surface area contributed by atoms with E-state index < -0.39 is 63.8 Å². The van der Waals surface area contributed by atoms with Crippen LogP contribution in [0, 0.1) is 0 Å². The van der Waals surface area contributed by atoms with Crippen molar-refractivity contribution >= 4 is 64.5 Å². The van der Waals surface area contributed by atoms with E-state index in [4.69, 9.17) is 4.74 Å². The minimum absolute atomic E-state index is 0.0470. The average molecular weight is 558 g/mol. The molecule has 1 aromatic rings. The van der Waals surface area contributed by atoms with Crippen molar-refractivity contribution < 1.29 is 38.6 Å². The molecular weight excluding hydrogens is 530 g/mol. The van der Waals surface area contributed by atoms with Crippen molar-refractivity contribution in [2.75, 3.05) is 5.32 Å². The van der Waals surface area contributed by atoms with E-state index in [2.05, 4.69) is 26.4 Å². The minimum atomic E-state index is -1.43. The largest absolute Gasteiger partial charge is 0.480 e. The fourth-order valence-electron chi connectivity index (χ4n) is 3.77. The highest BCUT2D eigenvalue weighted by Gasteiger charge is 2.64. The number of aromatic nitrogens is 1. The second kappa shape index (κ2) is 10.4. The number of β-lactam (4-membered cyclic amide) rings is 1. The van der Waals surface area contributed by atoms with Gasteiger partial charge in [-0.2, -0.15) is 0 Å². The predicted octanol–water partition coefficient (Wildman–Crippen LogP) is 0.123. The number of carbonyl (C=O) groups is 6. The Morgan fingerprint density at radius 3 is 2.51 bits per heavy atom. The lowest BCUT2D eigenvalue weighted by Crippen LogP contribution is -2.71. The van der Waals surface area contributed by atoms with Crippen LogP contribution in [0.1, 0.15) is 46.4 Å². The number of aliphatic carboxylic acids is 1. The molecule has 3 rings (SSSR count). The lowest BCUT2D eigenvalue weighted by atomic mass is 9.96. The summed E-state index contributed by atoms with van der Waals surface area (Å²) < 4.78 is 4.22. The Labute approximate surface area is 219 Å². The van der Waals surface area contributed by atoms with Crippen LogP contribution in [0.15, 0.2) is 5.38 Å². The Morgan fingerprint density at radius 2 is 1.92 bits per heavy atom. The Balaban J connectivity index is 1.72. The molecule has 202 valence electrons. The van der Waals surface area contributed by atoms with Crippen molar-refractivity contribution in [3.63, 3.8) is 0 Å². The standard InChI is InChI=1S/C20H27N7O8S2/c1-19(2,3)35-18(34)26-25-16(33)24-9(8-6-36-17(22-8)21-7-28)12(29)23-10-13(30)27-11(15(31)32)20(4,5)37-14(10)27/h6-7,9-11,14H,1-5H3,(H,23,29)(H,26,34)(H,31,32)(H,21,22,28)(H2,24,25,33)/t9?,10-,11+,14-/m1/s1. The van der Waals surface area contributed by atoms with Crippen LogP contribution in [-0.2, 0) is 23.9 Å². The van der Waals surface area contributed by atoms with E-state index in [1.54, 1.807) is 34.6 Å². The molecule has 15 nitrogen and oxygen atoms in total. The maximum absolute atomic E-state index is 13.2. The van der Waals surface area contributed by atoms with Gasteiger partial charge in [0, 0.05) is 10.1 Å². The zero-order chi connectivity index (χ0) is 27.7. The van der Waals surface area contributed by atoms with Crippen LogP contribution < -0.4 is 26.8 Å². The minimum Gasteiger partial charge on any atom is -0.480 e. The normalized spacial score (nSPS) is 22.6. The van der Waals surface area contributed by atoms with Gasteiger partial charge in [0.1, 0.15) is 23.1 Å². The number of fused-ring (bicyclic) bond motifs is 1. The number of nitrogens with one attached hydrogen (secondary N) is 5. The summed E-state index contributed by atoms with van der Waals surface area (Å²) in [6.45, 7) is 8.29. The van der Waals surface area contributed by atoms with Gasteiger partial charge in [-0.15, -0.1) is 23.1 Å². The third-order valence-corrected chi connectivity index (χ3v) is 7.55. The van der Waals surface area contributed by atoms with Crippen molar-refractivity contribution in [2.45, 2.75) is 68.5 Å². The van der Waals surface area contributed by atoms with E-state index in [-0.39, 0.29) is 10.8 Å². The Morgan fingerprint density at radius 1 is 1.24 bits per heavy atom. The highest BCUT2D eigenvalue weighted by atomic mass is 32.2. The molecule has 0 aliphatic carbocycles. The van der Waals surface area contributed by atoms with E-state index in [1.807, 2.05) is 5.43 Å². The van der Waals surface area contributed by atoms with Crippen molar-refractivity contribution in [1.29, 1.82) is 0 Å². The first-order valence-corrected chi connectivity index (χ1v) is 12.6. The Bertz CT molecular complexity index is 1120. The van der Waals surface area contributed by atoms with Crippen LogP contribution in [0.3, 0.4) is 0 Å². The monoisotopic (exact) mass is 557 g/mol. The van der Waals surface area contributed by atoms with Gasteiger partial charge in [0.25, 0.3) is 0 Å². The fraction of sp³-hybridized carbons (Fsp3) is 0.550. The summed E-state index contributed by atoms with van der Waals surface area (Å²) in [7, 11) is 0. The first-order valence-electron chi connectivity index (χ1n) is 10.9. The molecule has 37 heavy (non-hydrogen) atoms. The number of ether oxygens (including phenoxy) is 1. The summed E-state index contributed by atoms with van der Waals surface area (Å²) in [5.74, 6) is -2.53. The lowest BCUT2D eigenvalue weighted by molar-refractivity contribution is -0.161. The molecule has 6 amide bonds. The van der Waals surface area contributed by atoms with Crippen LogP contribution in [0.2, 0.25) is 0 Å². The van der Waals surface area contributed by atoms with Crippen LogP contribution >= 0.6 is 23.1 Å². The highest BCUT2D eigenvalue weighted by Crippen LogP contribution is 2.50. The van der Waals surface area contributed by atoms with Gasteiger partial charge in [-0.3, -0.25) is 14.4 Å². The van der Waals surface area contributed by atoms with E-state index in [0.29, 0.717) is 6.41 Å². The number of nitrogens with zero attached hydrogens (tertiary/aromatic N) is 2. The molecule has 2 fully saturated rings. The third-order valence-electron chi connectivity index (χ3n) is 5.19. The maximum atomic E-state index is 13.2. The zero-order valence-electron chi connectivity index (χ0n) is 20.5. The number of carboxylic acid groups (broad SMARTS) is 1. The maximum Gasteiger partial charge on any atom is 0.426 e. The van der Waals surface area contributed by atoms with E-state index in [9.17, 15) is 33.9 Å². The number of carboxylic acids is 1. The van der Waals surface area contributed by atoms with Crippen molar-refractivity contribution in [3.05, 3.63) is 11.1 Å². The molecule has 2 saturated heterocycles. The van der Waals surface area contributed by atoms with Crippen LogP contribution in [0.5, 0.6) is 0 Å². The van der Waals surface area contributed by atoms with Gasteiger partial charge in [0.05, 0.1) is 5.69 Å². The smallest absolute Gasteiger partial charge is 0.426 e. The van der Waals surface area contributed by atoms with Gasteiger partial charge < -0.3 is 30.7 Å². The first-order chi connectivity index (χ1) is 17.1. The Kier molecular flexibility index (Phi) is 7.87. The second-order valence-electron chi connectivity index (χ2n) is 9.58. The number of carbonyl (C=O) groups excluding carboxylic acids is 5. The van der Waals surface area contributed by atoms with Gasteiger partial charge in [-0.1, -0.05) is 0 Å². The van der Waals surface area contributed by atoms with Gasteiger partial charge in [-0.05, 0) is 34.6 Å². The SMILES string of the molecule is CC(C)(C)OC(=O)NNC(=O)NC(C(=O)N[C@@H]1C(=O)N2[C@@H]1SC(C)(C)[C@@H]2C(=O)O)c1csc(NC=O)n1. The van der Waals surface area contributed by atoms with Crippen LogP contribution in [0.25, 0.3) is 0 Å². The van der Waals surface area contributed by atoms with Crippen molar-refractivity contribution in [3.8, 4) is 0 Å². The van der Waals surface area contributed by atoms with E-state index in [0.717, 1.165) is 11.3 Å². The number of thiazole rings is 1. The molecule has 0 bridgehead atoms. The average Bonchev–Trinajstić information content (AvgIpc) is 3.33. The molecule has 1 aromatic heterocycles. The number of thioether (sulfide) groups is 1. The molecule has 6 N–H and O–H groups in total. The van der Waals surface area contributed by atoms with E-state index in [1.165, 1.54) is 22.0 Å². The lowest BCUT2D eigenvalue weighted by Gasteiger charge is -2.43. The Hall–Kier alpha value is -3.60. The predicted molar refractivity (Wildman–Crippen MR) is 131 cm³/mol. The number of rotatable bonds is 7. The number of anilines is 1. The summed E-state index contributed by atoms with van der Waals surface area (Å²) >= 11 is 2.23. The zero-order valence-corrected chi connectivity index (χ0v) is 22.1. The molecule has 0 radical (unpaired) electrons. The molecule has 2 aliphatic heterocycles. The topological polar surface area (TPSA) is 208 Å². The molecule has 0 spiro atoms. The van der Waals surface area contributed by atoms with Gasteiger partial charge in [0.15, 0.2) is 11.2 Å². The van der Waals surface area contributed by atoms with Crippen molar-refractivity contribution in [2.24, 2.45) is 0 Å². The van der Waals surface area contributed by atoms with Gasteiger partial charge >= 0.3 is 18.1 Å². The summed E-state index contributed by atoms with van der Waals surface area (Å²) in [5.41, 5.74) is 3.32. The number of hydrazine groups is 1. The third kappa shape index (κ3) is 6.22. The number of amides is 6. The van der Waals surface area contributed by atoms with Gasteiger partial charge in [-0.25, -0.2) is 30.2 Å². The molecule has 0 aromatic carbocycles. The number of urea groups is 1.